The molecule has 0 radical (unpaired) electrons. The molecule has 0 aliphatic heterocycles. The fourth-order valence-corrected chi connectivity index (χ4v) is 2.35. The summed E-state index contributed by atoms with van der Waals surface area (Å²) in [6.45, 7) is 0. The Labute approximate surface area is 133 Å². The minimum absolute atomic E-state index is 0.404. The first-order valence-corrected chi connectivity index (χ1v) is 7.23. The molecule has 3 rings (SSSR count). The molecule has 0 fully saturated rings. The molecule has 22 heavy (non-hydrogen) atoms. The molecular formula is C17H15ClN4. The van der Waals surface area contributed by atoms with Gasteiger partial charge in [-0.1, -0.05) is 54.1 Å². The van der Waals surface area contributed by atoms with Crippen LogP contribution in [0.1, 0.15) is 11.1 Å². The smallest absolute Gasteiger partial charge is 0.163 e. The van der Waals surface area contributed by atoms with E-state index in [4.69, 9.17) is 23.1 Å². The molecule has 0 aliphatic rings. The molecule has 4 nitrogen and oxygen atoms in total. The molecule has 3 aromatic rings. The number of hydrogen-bond acceptors (Lipinski definition) is 4. The SMILES string of the molecule is Nc1nc(-c2ccccc2)nc(N)c1Cc1ccc(Cl)cc1. The normalized spacial score (nSPS) is 10.6. The van der Waals surface area contributed by atoms with Crippen molar-refractivity contribution in [3.63, 3.8) is 0 Å². The van der Waals surface area contributed by atoms with E-state index >= 15 is 0 Å². The van der Waals surface area contributed by atoms with Crippen molar-refractivity contribution in [2.45, 2.75) is 6.42 Å². The molecule has 0 saturated carbocycles. The number of halogens is 1. The van der Waals surface area contributed by atoms with Crippen LogP contribution in [0.2, 0.25) is 5.02 Å². The zero-order chi connectivity index (χ0) is 15.5. The van der Waals surface area contributed by atoms with E-state index in [1.54, 1.807) is 0 Å². The first-order valence-electron chi connectivity index (χ1n) is 6.85. The number of anilines is 2. The first-order chi connectivity index (χ1) is 10.6. The highest BCUT2D eigenvalue weighted by molar-refractivity contribution is 6.30. The molecule has 0 atom stereocenters. The number of rotatable bonds is 3. The minimum atomic E-state index is 0.404. The van der Waals surface area contributed by atoms with Crippen molar-refractivity contribution in [3.05, 3.63) is 70.7 Å². The maximum absolute atomic E-state index is 6.08. The standard InChI is InChI=1S/C17H15ClN4/c18-13-8-6-11(7-9-13)10-14-15(19)21-17(22-16(14)20)12-4-2-1-3-5-12/h1-9H,10H2,(H4,19,20,21,22). The van der Waals surface area contributed by atoms with Gasteiger partial charge in [0, 0.05) is 22.6 Å². The lowest BCUT2D eigenvalue weighted by Gasteiger charge is -2.10. The van der Waals surface area contributed by atoms with Crippen LogP contribution >= 0.6 is 11.6 Å². The van der Waals surface area contributed by atoms with Gasteiger partial charge in [0.25, 0.3) is 0 Å². The zero-order valence-corrected chi connectivity index (χ0v) is 12.6. The van der Waals surface area contributed by atoms with E-state index in [9.17, 15) is 0 Å². The van der Waals surface area contributed by atoms with Gasteiger partial charge in [0.15, 0.2) is 5.82 Å². The summed E-state index contributed by atoms with van der Waals surface area (Å²) in [5.74, 6) is 1.35. The van der Waals surface area contributed by atoms with Gasteiger partial charge in [0.1, 0.15) is 11.6 Å². The largest absolute Gasteiger partial charge is 0.383 e. The minimum Gasteiger partial charge on any atom is -0.383 e. The van der Waals surface area contributed by atoms with E-state index in [1.165, 1.54) is 0 Å². The molecule has 5 heteroatoms. The van der Waals surface area contributed by atoms with Crippen molar-refractivity contribution in [1.82, 2.24) is 9.97 Å². The van der Waals surface area contributed by atoms with Gasteiger partial charge in [-0.05, 0) is 17.7 Å². The summed E-state index contributed by atoms with van der Waals surface area (Å²) in [5.41, 5.74) is 14.8. The quantitative estimate of drug-likeness (QED) is 0.775. The van der Waals surface area contributed by atoms with Crippen molar-refractivity contribution >= 4 is 23.2 Å². The van der Waals surface area contributed by atoms with E-state index in [-0.39, 0.29) is 0 Å². The van der Waals surface area contributed by atoms with Crippen molar-refractivity contribution < 1.29 is 0 Å². The number of nitrogens with two attached hydrogens (primary N) is 2. The van der Waals surface area contributed by atoms with Crippen LogP contribution < -0.4 is 11.5 Å². The van der Waals surface area contributed by atoms with Gasteiger partial charge < -0.3 is 11.5 Å². The molecule has 0 aliphatic carbocycles. The molecule has 0 amide bonds. The van der Waals surface area contributed by atoms with Crippen LogP contribution in [0.4, 0.5) is 11.6 Å². The van der Waals surface area contributed by atoms with E-state index in [0.717, 1.165) is 16.7 Å². The number of nitrogen functional groups attached to an aromatic ring is 2. The second kappa shape index (κ2) is 6.03. The third kappa shape index (κ3) is 3.02. The maximum Gasteiger partial charge on any atom is 0.163 e. The van der Waals surface area contributed by atoms with Gasteiger partial charge in [0.05, 0.1) is 0 Å². The van der Waals surface area contributed by atoms with E-state index < -0.39 is 0 Å². The third-order valence-corrected chi connectivity index (χ3v) is 3.65. The molecular weight excluding hydrogens is 296 g/mol. The molecule has 1 aromatic heterocycles. The van der Waals surface area contributed by atoms with Gasteiger partial charge in [0.2, 0.25) is 0 Å². The van der Waals surface area contributed by atoms with Crippen molar-refractivity contribution in [2.24, 2.45) is 0 Å². The Bertz CT molecular complexity index is 763. The van der Waals surface area contributed by atoms with Crippen LogP contribution in [0, 0.1) is 0 Å². The number of nitrogens with zero attached hydrogens (tertiary/aromatic N) is 2. The van der Waals surface area contributed by atoms with Crippen LogP contribution in [-0.4, -0.2) is 9.97 Å². The Morgan fingerprint density at radius 1 is 0.818 bits per heavy atom. The lowest BCUT2D eigenvalue weighted by atomic mass is 10.1. The number of benzene rings is 2. The summed E-state index contributed by atoms with van der Waals surface area (Å²) >= 11 is 5.89. The van der Waals surface area contributed by atoms with Gasteiger partial charge in [-0.3, -0.25) is 0 Å². The molecule has 0 saturated heterocycles. The zero-order valence-electron chi connectivity index (χ0n) is 11.8. The fourth-order valence-electron chi connectivity index (χ4n) is 2.22. The van der Waals surface area contributed by atoms with E-state index in [0.29, 0.717) is 28.9 Å². The molecule has 1 heterocycles. The van der Waals surface area contributed by atoms with Gasteiger partial charge in [-0.25, -0.2) is 9.97 Å². The Balaban J connectivity index is 1.95. The summed E-state index contributed by atoms with van der Waals surface area (Å²) < 4.78 is 0. The van der Waals surface area contributed by atoms with Crippen LogP contribution in [0.25, 0.3) is 11.4 Å². The lowest BCUT2D eigenvalue weighted by Crippen LogP contribution is -2.08. The second-order valence-corrected chi connectivity index (χ2v) is 5.40. The van der Waals surface area contributed by atoms with Crippen molar-refractivity contribution in [1.29, 1.82) is 0 Å². The Morgan fingerprint density at radius 3 is 2.00 bits per heavy atom. The van der Waals surface area contributed by atoms with Crippen LogP contribution in [0.5, 0.6) is 0 Å². The predicted molar refractivity (Wildman–Crippen MR) is 90.6 cm³/mol. The van der Waals surface area contributed by atoms with E-state index in [1.807, 2.05) is 54.6 Å². The highest BCUT2D eigenvalue weighted by Gasteiger charge is 2.12. The Morgan fingerprint density at radius 2 is 1.41 bits per heavy atom. The Hall–Kier alpha value is -2.59. The topological polar surface area (TPSA) is 77.8 Å². The van der Waals surface area contributed by atoms with E-state index in [2.05, 4.69) is 9.97 Å². The monoisotopic (exact) mass is 310 g/mol. The fraction of sp³-hybridized carbons (Fsp3) is 0.0588. The molecule has 0 spiro atoms. The molecule has 110 valence electrons. The number of hydrogen-bond donors (Lipinski definition) is 2. The summed E-state index contributed by atoms with van der Waals surface area (Å²) in [6, 6.07) is 17.2. The molecule has 2 aromatic carbocycles. The van der Waals surface area contributed by atoms with Crippen LogP contribution in [0.15, 0.2) is 54.6 Å². The Kier molecular flexibility index (Phi) is 3.94. The maximum atomic E-state index is 6.08. The molecule has 0 unspecified atom stereocenters. The van der Waals surface area contributed by atoms with Crippen molar-refractivity contribution in [2.75, 3.05) is 11.5 Å². The summed E-state index contributed by atoms with van der Waals surface area (Å²) in [4.78, 5) is 8.76. The highest BCUT2D eigenvalue weighted by Crippen LogP contribution is 2.24. The lowest BCUT2D eigenvalue weighted by molar-refractivity contribution is 1.10. The van der Waals surface area contributed by atoms with Gasteiger partial charge in [-0.15, -0.1) is 0 Å². The predicted octanol–water partition coefficient (Wildman–Crippen LogP) is 3.55. The average molecular weight is 311 g/mol. The molecule has 4 N–H and O–H groups in total. The van der Waals surface area contributed by atoms with Crippen molar-refractivity contribution in [3.8, 4) is 11.4 Å². The first kappa shape index (κ1) is 14.4. The van der Waals surface area contributed by atoms with Gasteiger partial charge in [-0.2, -0.15) is 0 Å². The summed E-state index contributed by atoms with van der Waals surface area (Å²) in [7, 11) is 0. The van der Waals surface area contributed by atoms with Crippen LogP contribution in [0.3, 0.4) is 0 Å². The summed E-state index contributed by atoms with van der Waals surface area (Å²) in [6.07, 6.45) is 0.573. The highest BCUT2D eigenvalue weighted by atomic mass is 35.5. The summed E-state index contributed by atoms with van der Waals surface area (Å²) in [5, 5.41) is 0.695. The third-order valence-electron chi connectivity index (χ3n) is 3.40. The van der Waals surface area contributed by atoms with Crippen LogP contribution in [-0.2, 0) is 6.42 Å². The van der Waals surface area contributed by atoms with Gasteiger partial charge >= 0.3 is 0 Å². The molecule has 0 bridgehead atoms. The average Bonchev–Trinajstić information content (AvgIpc) is 2.53. The number of aromatic nitrogens is 2. The second-order valence-electron chi connectivity index (χ2n) is 4.97.